The molecule has 0 bridgehead atoms. The fraction of sp³-hybridized carbons (Fsp3) is 1.00. The summed E-state index contributed by atoms with van der Waals surface area (Å²) in [5.74, 6) is 1.45. The van der Waals surface area contributed by atoms with E-state index in [0.29, 0.717) is 18.1 Å². The maximum absolute atomic E-state index is 5.62. The van der Waals surface area contributed by atoms with Crippen molar-refractivity contribution >= 4 is 0 Å². The van der Waals surface area contributed by atoms with E-state index in [2.05, 4.69) is 26.1 Å². The van der Waals surface area contributed by atoms with Crippen LogP contribution in [0.2, 0.25) is 0 Å². The second kappa shape index (κ2) is 5.72. The van der Waals surface area contributed by atoms with E-state index in [-0.39, 0.29) is 0 Å². The first-order valence-electron chi connectivity index (χ1n) is 5.96. The SMILES string of the molecule is CCNC(C1CCC1)C(OC)C(C)C. The van der Waals surface area contributed by atoms with Crippen molar-refractivity contribution in [2.24, 2.45) is 11.8 Å². The predicted octanol–water partition coefficient (Wildman–Crippen LogP) is 2.44. The van der Waals surface area contributed by atoms with Crippen molar-refractivity contribution < 1.29 is 4.74 Å². The lowest BCUT2D eigenvalue weighted by Crippen LogP contribution is -2.50. The van der Waals surface area contributed by atoms with Crippen molar-refractivity contribution in [3.8, 4) is 0 Å². The minimum atomic E-state index is 0.375. The second-order valence-corrected chi connectivity index (χ2v) is 4.72. The number of methoxy groups -OCH3 is 1. The summed E-state index contributed by atoms with van der Waals surface area (Å²) in [6.07, 6.45) is 4.54. The zero-order chi connectivity index (χ0) is 10.6. The number of hydrogen-bond acceptors (Lipinski definition) is 2. The van der Waals surface area contributed by atoms with Crippen LogP contribution in [0.15, 0.2) is 0 Å². The normalized spacial score (nSPS) is 22.1. The summed E-state index contributed by atoms with van der Waals surface area (Å²) in [5, 5.41) is 3.59. The van der Waals surface area contributed by atoms with Crippen molar-refractivity contribution in [2.45, 2.75) is 52.2 Å². The fourth-order valence-corrected chi connectivity index (χ4v) is 2.42. The van der Waals surface area contributed by atoms with Crippen LogP contribution in [0.25, 0.3) is 0 Å². The average molecular weight is 199 g/mol. The molecule has 0 aromatic carbocycles. The highest BCUT2D eigenvalue weighted by molar-refractivity contribution is 4.89. The summed E-state index contributed by atoms with van der Waals surface area (Å²) in [7, 11) is 1.84. The van der Waals surface area contributed by atoms with Gasteiger partial charge in [-0.2, -0.15) is 0 Å². The van der Waals surface area contributed by atoms with Crippen LogP contribution in [0, 0.1) is 11.8 Å². The summed E-state index contributed by atoms with van der Waals surface area (Å²) < 4.78 is 5.62. The van der Waals surface area contributed by atoms with E-state index in [0.717, 1.165) is 12.5 Å². The average Bonchev–Trinajstić information content (AvgIpc) is 2.01. The van der Waals surface area contributed by atoms with Gasteiger partial charge in [-0.05, 0) is 31.2 Å². The van der Waals surface area contributed by atoms with Crippen LogP contribution < -0.4 is 5.32 Å². The fourth-order valence-electron chi connectivity index (χ4n) is 2.42. The summed E-state index contributed by atoms with van der Waals surface area (Å²) in [6.45, 7) is 7.72. The van der Waals surface area contributed by atoms with E-state index in [9.17, 15) is 0 Å². The highest BCUT2D eigenvalue weighted by Crippen LogP contribution is 2.33. The van der Waals surface area contributed by atoms with Crippen LogP contribution >= 0.6 is 0 Å². The van der Waals surface area contributed by atoms with Gasteiger partial charge >= 0.3 is 0 Å². The van der Waals surface area contributed by atoms with Gasteiger partial charge in [0.2, 0.25) is 0 Å². The monoisotopic (exact) mass is 199 g/mol. The highest BCUT2D eigenvalue weighted by Gasteiger charge is 2.34. The molecule has 2 atom stereocenters. The van der Waals surface area contributed by atoms with Crippen molar-refractivity contribution in [3.63, 3.8) is 0 Å². The minimum absolute atomic E-state index is 0.375. The minimum Gasteiger partial charge on any atom is -0.380 e. The van der Waals surface area contributed by atoms with Crippen LogP contribution in [0.1, 0.15) is 40.0 Å². The molecule has 2 unspecified atom stereocenters. The molecule has 0 spiro atoms. The van der Waals surface area contributed by atoms with Gasteiger partial charge < -0.3 is 10.1 Å². The Morgan fingerprint density at radius 3 is 2.29 bits per heavy atom. The van der Waals surface area contributed by atoms with E-state index in [1.54, 1.807) is 0 Å². The Balaban J connectivity index is 2.53. The largest absolute Gasteiger partial charge is 0.380 e. The van der Waals surface area contributed by atoms with Crippen LogP contribution in [-0.2, 0) is 4.74 Å². The van der Waals surface area contributed by atoms with Gasteiger partial charge in [-0.25, -0.2) is 0 Å². The Hall–Kier alpha value is -0.0800. The Morgan fingerprint density at radius 1 is 1.36 bits per heavy atom. The highest BCUT2D eigenvalue weighted by atomic mass is 16.5. The lowest BCUT2D eigenvalue weighted by atomic mass is 9.75. The summed E-state index contributed by atoms with van der Waals surface area (Å²) in [6, 6.07) is 0.568. The Bertz CT molecular complexity index is 154. The summed E-state index contributed by atoms with van der Waals surface area (Å²) >= 11 is 0. The maximum Gasteiger partial charge on any atom is 0.0749 e. The van der Waals surface area contributed by atoms with Crippen LogP contribution in [0.5, 0.6) is 0 Å². The van der Waals surface area contributed by atoms with Gasteiger partial charge in [0.25, 0.3) is 0 Å². The summed E-state index contributed by atoms with van der Waals surface area (Å²) in [5.41, 5.74) is 0. The molecule has 1 N–H and O–H groups in total. The predicted molar refractivity (Wildman–Crippen MR) is 60.4 cm³/mol. The molecule has 14 heavy (non-hydrogen) atoms. The van der Waals surface area contributed by atoms with Crippen molar-refractivity contribution in [3.05, 3.63) is 0 Å². The first-order valence-corrected chi connectivity index (χ1v) is 5.96. The van der Waals surface area contributed by atoms with Gasteiger partial charge in [0, 0.05) is 13.2 Å². The Labute approximate surface area is 88.4 Å². The second-order valence-electron chi connectivity index (χ2n) is 4.72. The van der Waals surface area contributed by atoms with Crippen LogP contribution in [-0.4, -0.2) is 25.8 Å². The molecule has 0 heterocycles. The van der Waals surface area contributed by atoms with E-state index < -0.39 is 0 Å². The van der Waals surface area contributed by atoms with Gasteiger partial charge in [0.1, 0.15) is 0 Å². The van der Waals surface area contributed by atoms with Gasteiger partial charge in [-0.1, -0.05) is 27.2 Å². The van der Waals surface area contributed by atoms with Crippen LogP contribution in [0.4, 0.5) is 0 Å². The molecule has 0 saturated heterocycles. The summed E-state index contributed by atoms with van der Waals surface area (Å²) in [4.78, 5) is 0. The molecule has 1 aliphatic carbocycles. The van der Waals surface area contributed by atoms with Gasteiger partial charge in [-0.3, -0.25) is 0 Å². The molecule has 0 aromatic rings. The lowest BCUT2D eigenvalue weighted by molar-refractivity contribution is 0.00120. The van der Waals surface area contributed by atoms with Gasteiger partial charge in [0.05, 0.1) is 6.10 Å². The van der Waals surface area contributed by atoms with Crippen molar-refractivity contribution in [1.82, 2.24) is 5.32 Å². The first-order chi connectivity index (χ1) is 6.70. The smallest absolute Gasteiger partial charge is 0.0749 e. The van der Waals surface area contributed by atoms with Crippen LogP contribution in [0.3, 0.4) is 0 Å². The molecule has 0 amide bonds. The molecule has 2 heteroatoms. The molecule has 0 radical (unpaired) electrons. The molecule has 1 saturated carbocycles. The first kappa shape index (κ1) is 12.0. The molecule has 1 aliphatic rings. The van der Waals surface area contributed by atoms with E-state index >= 15 is 0 Å². The number of ether oxygens (including phenoxy) is 1. The molecule has 0 aromatic heterocycles. The quantitative estimate of drug-likeness (QED) is 0.709. The zero-order valence-corrected chi connectivity index (χ0v) is 10.0. The zero-order valence-electron chi connectivity index (χ0n) is 10.0. The molecule has 0 aliphatic heterocycles. The van der Waals surface area contributed by atoms with E-state index in [1.807, 2.05) is 7.11 Å². The molecule has 1 fully saturated rings. The molecule has 1 rings (SSSR count). The molecular formula is C12H25NO. The number of hydrogen-bond donors (Lipinski definition) is 1. The molecular weight excluding hydrogens is 174 g/mol. The third-order valence-corrected chi connectivity index (χ3v) is 3.38. The van der Waals surface area contributed by atoms with Gasteiger partial charge in [-0.15, -0.1) is 0 Å². The number of likely N-dealkylation sites (N-methyl/N-ethyl adjacent to an activating group) is 1. The maximum atomic E-state index is 5.62. The lowest BCUT2D eigenvalue weighted by Gasteiger charge is -2.40. The molecule has 84 valence electrons. The Morgan fingerprint density at radius 2 is 2.00 bits per heavy atom. The number of rotatable bonds is 6. The van der Waals surface area contributed by atoms with Crippen molar-refractivity contribution in [1.29, 1.82) is 0 Å². The van der Waals surface area contributed by atoms with E-state index in [4.69, 9.17) is 4.74 Å². The standard InChI is InChI=1S/C12H25NO/c1-5-13-11(10-7-6-8-10)12(14-4)9(2)3/h9-13H,5-8H2,1-4H3. The third-order valence-electron chi connectivity index (χ3n) is 3.38. The molecule has 2 nitrogen and oxygen atoms in total. The Kier molecular flexibility index (Phi) is 4.90. The van der Waals surface area contributed by atoms with Crippen molar-refractivity contribution in [2.75, 3.05) is 13.7 Å². The van der Waals surface area contributed by atoms with Gasteiger partial charge in [0.15, 0.2) is 0 Å². The van der Waals surface area contributed by atoms with E-state index in [1.165, 1.54) is 19.3 Å². The third kappa shape index (κ3) is 2.71. The topological polar surface area (TPSA) is 21.3 Å². The number of nitrogens with one attached hydrogen (secondary N) is 1.